The van der Waals surface area contributed by atoms with Crippen molar-refractivity contribution in [1.29, 1.82) is 0 Å². The maximum atomic E-state index is 12.0. The first-order valence-corrected chi connectivity index (χ1v) is 6.33. The van der Waals surface area contributed by atoms with Crippen molar-refractivity contribution in [3.63, 3.8) is 0 Å². The van der Waals surface area contributed by atoms with E-state index in [1.807, 2.05) is 12.1 Å². The maximum absolute atomic E-state index is 12.0. The summed E-state index contributed by atoms with van der Waals surface area (Å²) in [4.78, 5) is 17.3. The molecule has 0 fully saturated rings. The van der Waals surface area contributed by atoms with E-state index in [0.717, 1.165) is 11.3 Å². The summed E-state index contributed by atoms with van der Waals surface area (Å²) in [6.45, 7) is 5.69. The largest absolute Gasteiger partial charge is 0.379 e. The number of nitrogens with one attached hydrogen (secondary N) is 1. The molecular formula is C14H15ClN2O2. The van der Waals surface area contributed by atoms with E-state index in [2.05, 4.69) is 17.1 Å². The van der Waals surface area contributed by atoms with Crippen LogP contribution in [0.3, 0.4) is 0 Å². The molecule has 1 aromatic rings. The molecule has 0 bridgehead atoms. The number of hydrogen-bond donors (Lipinski definition) is 1. The molecule has 1 amide bonds. The standard InChI is InChI=1S/C14H15ClN2O2/c1-3-8-16-13(18)14(2)9-12(17-19-14)10-4-6-11(15)7-5-10/h3-7H,1,8-9H2,2H3,(H,16,18). The van der Waals surface area contributed by atoms with Crippen molar-refractivity contribution < 1.29 is 9.63 Å². The zero-order valence-corrected chi connectivity index (χ0v) is 11.4. The van der Waals surface area contributed by atoms with Crippen molar-refractivity contribution in [1.82, 2.24) is 5.32 Å². The molecule has 1 aromatic carbocycles. The SMILES string of the molecule is C=CCNC(=O)C1(C)CC(c2ccc(Cl)cc2)=NO1. The average molecular weight is 279 g/mol. The summed E-state index contributed by atoms with van der Waals surface area (Å²) in [5.41, 5.74) is 0.690. The van der Waals surface area contributed by atoms with E-state index in [1.165, 1.54) is 0 Å². The second kappa shape index (κ2) is 5.45. The molecule has 1 aliphatic heterocycles. The second-order valence-corrected chi connectivity index (χ2v) is 4.98. The second-order valence-electron chi connectivity index (χ2n) is 4.54. The fraction of sp³-hybridized carbons (Fsp3) is 0.286. The number of nitrogens with zero attached hydrogens (tertiary/aromatic N) is 1. The Morgan fingerprint density at radius 3 is 2.89 bits per heavy atom. The molecule has 0 saturated carbocycles. The topological polar surface area (TPSA) is 50.7 Å². The summed E-state index contributed by atoms with van der Waals surface area (Å²) in [7, 11) is 0. The molecule has 4 nitrogen and oxygen atoms in total. The number of halogens is 1. The predicted octanol–water partition coefficient (Wildman–Crippen LogP) is 2.53. The summed E-state index contributed by atoms with van der Waals surface area (Å²) in [5, 5.41) is 7.39. The maximum Gasteiger partial charge on any atom is 0.267 e. The number of amides is 1. The van der Waals surface area contributed by atoms with E-state index in [-0.39, 0.29) is 5.91 Å². The van der Waals surface area contributed by atoms with Crippen LogP contribution in [0.25, 0.3) is 0 Å². The number of carbonyl (C=O) groups is 1. The zero-order chi connectivity index (χ0) is 13.9. The van der Waals surface area contributed by atoms with Crippen molar-refractivity contribution in [3.8, 4) is 0 Å². The van der Waals surface area contributed by atoms with Crippen LogP contribution in [0, 0.1) is 0 Å². The molecule has 1 aliphatic rings. The lowest BCUT2D eigenvalue weighted by Gasteiger charge is -2.19. The molecule has 0 aromatic heterocycles. The minimum Gasteiger partial charge on any atom is -0.379 e. The van der Waals surface area contributed by atoms with Gasteiger partial charge in [-0.15, -0.1) is 6.58 Å². The lowest BCUT2D eigenvalue weighted by molar-refractivity contribution is -0.141. The first-order chi connectivity index (χ1) is 9.05. The third-order valence-electron chi connectivity index (χ3n) is 2.93. The molecule has 1 atom stereocenters. The van der Waals surface area contributed by atoms with E-state index in [0.29, 0.717) is 18.0 Å². The molecule has 1 unspecified atom stereocenters. The molecule has 1 N–H and O–H groups in total. The number of rotatable bonds is 4. The predicted molar refractivity (Wildman–Crippen MR) is 75.3 cm³/mol. The van der Waals surface area contributed by atoms with Crippen LogP contribution in [-0.4, -0.2) is 23.8 Å². The number of hydrogen-bond acceptors (Lipinski definition) is 3. The van der Waals surface area contributed by atoms with Crippen LogP contribution < -0.4 is 5.32 Å². The molecule has 0 spiro atoms. The summed E-state index contributed by atoms with van der Waals surface area (Å²) in [6, 6.07) is 7.29. The summed E-state index contributed by atoms with van der Waals surface area (Å²) >= 11 is 5.84. The van der Waals surface area contributed by atoms with Gasteiger partial charge < -0.3 is 10.2 Å². The van der Waals surface area contributed by atoms with Gasteiger partial charge in [0, 0.05) is 18.0 Å². The van der Waals surface area contributed by atoms with Crippen LogP contribution >= 0.6 is 11.6 Å². The normalized spacial score (nSPS) is 21.5. The van der Waals surface area contributed by atoms with Gasteiger partial charge in [-0.25, -0.2) is 0 Å². The fourth-order valence-electron chi connectivity index (χ4n) is 1.81. The van der Waals surface area contributed by atoms with E-state index in [1.54, 1.807) is 25.1 Å². The van der Waals surface area contributed by atoms with Crippen LogP contribution in [0.1, 0.15) is 18.9 Å². The molecule has 0 aliphatic carbocycles. The minimum atomic E-state index is -0.960. The van der Waals surface area contributed by atoms with Gasteiger partial charge in [-0.1, -0.05) is 35.0 Å². The summed E-state index contributed by atoms with van der Waals surface area (Å²) < 4.78 is 0. The Bertz CT molecular complexity index is 525. The monoisotopic (exact) mass is 278 g/mol. The smallest absolute Gasteiger partial charge is 0.267 e. The lowest BCUT2D eigenvalue weighted by atomic mass is 9.95. The number of oxime groups is 1. The van der Waals surface area contributed by atoms with Crippen molar-refractivity contribution in [2.75, 3.05) is 6.54 Å². The Balaban J connectivity index is 2.07. The van der Waals surface area contributed by atoms with Crippen molar-refractivity contribution in [2.24, 2.45) is 5.16 Å². The van der Waals surface area contributed by atoms with Gasteiger partial charge in [0.1, 0.15) is 0 Å². The van der Waals surface area contributed by atoms with E-state index in [9.17, 15) is 4.79 Å². The molecule has 19 heavy (non-hydrogen) atoms. The van der Waals surface area contributed by atoms with E-state index in [4.69, 9.17) is 16.4 Å². The molecule has 0 saturated heterocycles. The molecular weight excluding hydrogens is 264 g/mol. The third kappa shape index (κ3) is 2.96. The van der Waals surface area contributed by atoms with Gasteiger partial charge in [0.15, 0.2) is 0 Å². The molecule has 100 valence electrons. The van der Waals surface area contributed by atoms with Crippen LogP contribution in [0.4, 0.5) is 0 Å². The molecule has 5 heteroatoms. The highest BCUT2D eigenvalue weighted by Gasteiger charge is 2.41. The number of carbonyl (C=O) groups excluding carboxylic acids is 1. The van der Waals surface area contributed by atoms with Crippen LogP contribution in [0.15, 0.2) is 42.1 Å². The molecule has 0 radical (unpaired) electrons. The van der Waals surface area contributed by atoms with E-state index < -0.39 is 5.60 Å². The van der Waals surface area contributed by atoms with E-state index >= 15 is 0 Å². The first kappa shape index (κ1) is 13.6. The average Bonchev–Trinajstić information content (AvgIpc) is 2.81. The Morgan fingerprint density at radius 2 is 2.26 bits per heavy atom. The summed E-state index contributed by atoms with van der Waals surface area (Å²) in [6.07, 6.45) is 2.05. The Morgan fingerprint density at radius 1 is 1.58 bits per heavy atom. The highest BCUT2D eigenvalue weighted by Crippen LogP contribution is 2.27. The summed E-state index contributed by atoms with van der Waals surface area (Å²) in [5.74, 6) is -0.194. The van der Waals surface area contributed by atoms with Gasteiger partial charge in [-0.3, -0.25) is 4.79 Å². The first-order valence-electron chi connectivity index (χ1n) is 5.95. The van der Waals surface area contributed by atoms with Crippen LogP contribution in [0.5, 0.6) is 0 Å². The fourth-order valence-corrected chi connectivity index (χ4v) is 1.94. The van der Waals surface area contributed by atoms with Crippen LogP contribution in [-0.2, 0) is 9.63 Å². The zero-order valence-electron chi connectivity index (χ0n) is 10.6. The van der Waals surface area contributed by atoms with Gasteiger partial charge >= 0.3 is 0 Å². The Kier molecular flexibility index (Phi) is 3.90. The van der Waals surface area contributed by atoms with Crippen molar-refractivity contribution in [2.45, 2.75) is 18.9 Å². The Hall–Kier alpha value is -1.81. The van der Waals surface area contributed by atoms with Gasteiger partial charge in [-0.05, 0) is 24.6 Å². The van der Waals surface area contributed by atoms with Gasteiger partial charge in [0.2, 0.25) is 5.60 Å². The lowest BCUT2D eigenvalue weighted by Crippen LogP contribution is -2.44. The van der Waals surface area contributed by atoms with Gasteiger partial charge in [-0.2, -0.15) is 0 Å². The Labute approximate surface area is 117 Å². The molecule has 2 rings (SSSR count). The molecule has 1 heterocycles. The quantitative estimate of drug-likeness (QED) is 0.861. The number of benzene rings is 1. The highest BCUT2D eigenvalue weighted by molar-refractivity contribution is 6.30. The highest BCUT2D eigenvalue weighted by atomic mass is 35.5. The minimum absolute atomic E-state index is 0.194. The van der Waals surface area contributed by atoms with Crippen molar-refractivity contribution >= 4 is 23.2 Å². The van der Waals surface area contributed by atoms with Crippen LogP contribution in [0.2, 0.25) is 5.02 Å². The van der Waals surface area contributed by atoms with Gasteiger partial charge in [0.25, 0.3) is 5.91 Å². The van der Waals surface area contributed by atoms with Gasteiger partial charge in [0.05, 0.1) is 5.71 Å². The van der Waals surface area contributed by atoms with Crippen molar-refractivity contribution in [3.05, 3.63) is 47.5 Å². The third-order valence-corrected chi connectivity index (χ3v) is 3.18.